The second-order valence-electron chi connectivity index (χ2n) is 5.58. The van der Waals surface area contributed by atoms with E-state index in [1.807, 2.05) is 17.6 Å². The fourth-order valence-electron chi connectivity index (χ4n) is 2.59. The molecule has 3 rings (SSSR count). The van der Waals surface area contributed by atoms with Crippen LogP contribution in [0, 0.1) is 12.7 Å². The number of aliphatic imine (C=N–C) groups is 1. The third-order valence-electron chi connectivity index (χ3n) is 3.93. The largest absolute Gasteiger partial charge is 0.319 e. The number of imidazole rings is 1. The minimum Gasteiger partial charge on any atom is -0.319 e. The lowest BCUT2D eigenvalue weighted by atomic mass is 10.2. The minimum atomic E-state index is -0.312. The molecule has 126 valence electrons. The van der Waals surface area contributed by atoms with E-state index in [1.54, 1.807) is 37.7 Å². The summed E-state index contributed by atoms with van der Waals surface area (Å²) in [5.74, 6) is 0.290. The number of halogens is 1. The summed E-state index contributed by atoms with van der Waals surface area (Å²) in [6.07, 6.45) is 4.99. The zero-order chi connectivity index (χ0) is 18.0. The number of rotatable bonds is 4. The van der Waals surface area contributed by atoms with E-state index in [0.29, 0.717) is 17.1 Å². The maximum absolute atomic E-state index is 13.3. The summed E-state index contributed by atoms with van der Waals surface area (Å²) in [4.78, 5) is 20.4. The molecule has 3 aromatic rings. The summed E-state index contributed by atoms with van der Waals surface area (Å²) >= 11 is 0. The van der Waals surface area contributed by atoms with Gasteiger partial charge in [0, 0.05) is 42.5 Å². The van der Waals surface area contributed by atoms with Crippen molar-refractivity contribution in [3.63, 3.8) is 0 Å². The molecule has 0 fully saturated rings. The van der Waals surface area contributed by atoms with Crippen LogP contribution in [-0.4, -0.2) is 20.8 Å². The van der Waals surface area contributed by atoms with E-state index in [2.05, 4.69) is 16.7 Å². The van der Waals surface area contributed by atoms with Gasteiger partial charge >= 0.3 is 0 Å². The van der Waals surface area contributed by atoms with Gasteiger partial charge in [-0.05, 0) is 50.0 Å². The molecule has 0 aliphatic carbocycles. The van der Waals surface area contributed by atoms with Crippen molar-refractivity contribution in [2.75, 3.05) is 0 Å². The zero-order valence-electron chi connectivity index (χ0n) is 14.0. The molecule has 0 aliphatic rings. The normalized spacial score (nSPS) is 11.2. The molecule has 0 radical (unpaired) electrons. The SMILES string of the molecule is C=N/C=C\c1nc(-c2ccn(C)c(=O)c2)n(-c2ccc(F)cc2)c1C. The van der Waals surface area contributed by atoms with Crippen LogP contribution < -0.4 is 5.56 Å². The molecule has 0 saturated carbocycles. The Morgan fingerprint density at radius 2 is 1.96 bits per heavy atom. The molecule has 0 bridgehead atoms. The number of pyridine rings is 1. The Balaban J connectivity index is 2.26. The lowest BCUT2D eigenvalue weighted by Crippen LogP contribution is -2.14. The van der Waals surface area contributed by atoms with Gasteiger partial charge in [0.2, 0.25) is 0 Å². The van der Waals surface area contributed by atoms with Crippen molar-refractivity contribution in [3.8, 4) is 17.1 Å². The van der Waals surface area contributed by atoms with E-state index < -0.39 is 0 Å². The van der Waals surface area contributed by atoms with Gasteiger partial charge in [0.15, 0.2) is 0 Å². The summed E-state index contributed by atoms with van der Waals surface area (Å²) in [6.45, 7) is 5.33. The number of benzene rings is 1. The van der Waals surface area contributed by atoms with E-state index in [4.69, 9.17) is 0 Å². The first-order chi connectivity index (χ1) is 12.0. The van der Waals surface area contributed by atoms with E-state index in [-0.39, 0.29) is 11.4 Å². The van der Waals surface area contributed by atoms with Crippen molar-refractivity contribution in [1.29, 1.82) is 0 Å². The number of hydrogen-bond acceptors (Lipinski definition) is 3. The molecule has 25 heavy (non-hydrogen) atoms. The molecular formula is C19H17FN4O. The molecule has 0 N–H and O–H groups in total. The van der Waals surface area contributed by atoms with E-state index >= 15 is 0 Å². The Labute approximate surface area is 144 Å². The second-order valence-corrected chi connectivity index (χ2v) is 5.58. The minimum absolute atomic E-state index is 0.131. The summed E-state index contributed by atoms with van der Waals surface area (Å²) in [6, 6.07) is 9.48. The molecule has 2 aromatic heterocycles. The molecule has 6 heteroatoms. The van der Waals surface area contributed by atoms with Crippen molar-refractivity contribution < 1.29 is 4.39 Å². The molecular weight excluding hydrogens is 319 g/mol. The summed E-state index contributed by atoms with van der Waals surface area (Å²) in [7, 11) is 1.69. The van der Waals surface area contributed by atoms with E-state index in [9.17, 15) is 9.18 Å². The first kappa shape index (κ1) is 16.6. The highest BCUT2D eigenvalue weighted by atomic mass is 19.1. The van der Waals surface area contributed by atoms with Crippen LogP contribution in [0.25, 0.3) is 23.2 Å². The smallest absolute Gasteiger partial charge is 0.250 e. The average molecular weight is 336 g/mol. The van der Waals surface area contributed by atoms with Crippen molar-refractivity contribution in [2.45, 2.75) is 6.92 Å². The first-order valence-electron chi connectivity index (χ1n) is 7.66. The maximum atomic E-state index is 13.3. The molecule has 1 aromatic carbocycles. The molecule has 2 heterocycles. The lowest BCUT2D eigenvalue weighted by molar-refractivity contribution is 0.627. The van der Waals surface area contributed by atoms with Crippen LogP contribution in [0.4, 0.5) is 4.39 Å². The Morgan fingerprint density at radius 1 is 1.24 bits per heavy atom. The number of nitrogens with zero attached hydrogens (tertiary/aromatic N) is 4. The van der Waals surface area contributed by atoms with Crippen molar-refractivity contribution in [2.24, 2.45) is 12.0 Å². The molecule has 0 aliphatic heterocycles. The van der Waals surface area contributed by atoms with Crippen LogP contribution in [0.5, 0.6) is 0 Å². The Kier molecular flexibility index (Phi) is 4.43. The van der Waals surface area contributed by atoms with Crippen LogP contribution in [0.2, 0.25) is 0 Å². The summed E-state index contributed by atoms with van der Waals surface area (Å²) in [5.41, 5.74) is 2.86. The van der Waals surface area contributed by atoms with Gasteiger partial charge in [-0.3, -0.25) is 14.4 Å². The van der Waals surface area contributed by atoms with Gasteiger partial charge < -0.3 is 4.57 Å². The van der Waals surface area contributed by atoms with Crippen molar-refractivity contribution >= 4 is 12.8 Å². The zero-order valence-corrected chi connectivity index (χ0v) is 14.0. The third-order valence-corrected chi connectivity index (χ3v) is 3.93. The first-order valence-corrected chi connectivity index (χ1v) is 7.66. The predicted molar refractivity (Wildman–Crippen MR) is 97.5 cm³/mol. The van der Waals surface area contributed by atoms with Crippen LogP contribution in [-0.2, 0) is 7.05 Å². The molecule has 5 nitrogen and oxygen atoms in total. The number of aromatic nitrogens is 3. The van der Waals surface area contributed by atoms with Crippen molar-refractivity contribution in [1.82, 2.24) is 14.1 Å². The van der Waals surface area contributed by atoms with Crippen LogP contribution in [0.3, 0.4) is 0 Å². The second kappa shape index (κ2) is 6.68. The Hall–Kier alpha value is -3.28. The van der Waals surface area contributed by atoms with Crippen LogP contribution >= 0.6 is 0 Å². The fraction of sp³-hybridized carbons (Fsp3) is 0.105. The van der Waals surface area contributed by atoms with Gasteiger partial charge in [-0.15, -0.1) is 0 Å². The highest BCUT2D eigenvalue weighted by Gasteiger charge is 2.16. The number of aryl methyl sites for hydroxylation is 1. The fourth-order valence-corrected chi connectivity index (χ4v) is 2.59. The van der Waals surface area contributed by atoms with Crippen molar-refractivity contribution in [3.05, 3.63) is 76.4 Å². The standard InChI is InChI=1S/C19H17FN4O/c1-13-17(8-10-21-2)22-19(14-9-11-23(3)18(25)12-14)24(13)16-6-4-15(20)5-7-16/h4-12H,2H2,1,3H3/b10-8-. The van der Waals surface area contributed by atoms with E-state index in [0.717, 1.165) is 11.4 Å². The quantitative estimate of drug-likeness (QED) is 0.686. The van der Waals surface area contributed by atoms with Gasteiger partial charge in [-0.1, -0.05) is 0 Å². The topological polar surface area (TPSA) is 52.2 Å². The Bertz CT molecular complexity index is 1010. The summed E-state index contributed by atoms with van der Waals surface area (Å²) in [5, 5.41) is 0. The highest BCUT2D eigenvalue weighted by molar-refractivity contribution is 5.64. The maximum Gasteiger partial charge on any atom is 0.250 e. The van der Waals surface area contributed by atoms with Gasteiger partial charge in [-0.25, -0.2) is 9.37 Å². The van der Waals surface area contributed by atoms with Gasteiger partial charge in [0.1, 0.15) is 11.6 Å². The molecule has 0 saturated heterocycles. The molecule has 0 atom stereocenters. The summed E-state index contributed by atoms with van der Waals surface area (Å²) < 4.78 is 16.7. The average Bonchev–Trinajstić information content (AvgIpc) is 2.93. The highest BCUT2D eigenvalue weighted by Crippen LogP contribution is 2.26. The Morgan fingerprint density at radius 3 is 2.60 bits per heavy atom. The number of hydrogen-bond donors (Lipinski definition) is 0. The molecule has 0 spiro atoms. The monoisotopic (exact) mass is 336 g/mol. The molecule has 0 unspecified atom stereocenters. The van der Waals surface area contributed by atoms with Crippen LogP contribution in [0.1, 0.15) is 11.4 Å². The van der Waals surface area contributed by atoms with Gasteiger partial charge in [0.25, 0.3) is 5.56 Å². The predicted octanol–water partition coefficient (Wildman–Crippen LogP) is 3.36. The lowest BCUT2D eigenvalue weighted by Gasteiger charge is -2.10. The third kappa shape index (κ3) is 3.19. The van der Waals surface area contributed by atoms with Crippen LogP contribution in [0.15, 0.2) is 58.6 Å². The van der Waals surface area contributed by atoms with Gasteiger partial charge in [0.05, 0.1) is 5.69 Å². The molecule has 0 amide bonds. The van der Waals surface area contributed by atoms with Gasteiger partial charge in [-0.2, -0.15) is 0 Å². The van der Waals surface area contributed by atoms with E-state index in [1.165, 1.54) is 22.8 Å².